The van der Waals surface area contributed by atoms with Crippen LogP contribution in [0, 0.1) is 0 Å². The highest BCUT2D eigenvalue weighted by atomic mass is 32.2. The third-order valence-corrected chi connectivity index (χ3v) is 8.32. The molecular formula is C24H24F3N3O5S3. The molecule has 38 heavy (non-hydrogen) atoms. The van der Waals surface area contributed by atoms with Gasteiger partial charge < -0.3 is 5.32 Å². The maximum absolute atomic E-state index is 13.0. The first-order chi connectivity index (χ1) is 17.9. The molecule has 204 valence electrons. The summed E-state index contributed by atoms with van der Waals surface area (Å²) in [5.74, 6) is -0.861. The van der Waals surface area contributed by atoms with Crippen LogP contribution in [0.2, 0.25) is 0 Å². The Bertz CT molecular complexity index is 1320. The predicted molar refractivity (Wildman–Crippen MR) is 141 cm³/mol. The van der Waals surface area contributed by atoms with Crippen molar-refractivity contribution in [2.24, 2.45) is 0 Å². The van der Waals surface area contributed by atoms with Crippen molar-refractivity contribution in [1.82, 2.24) is 14.9 Å². The number of carbonyl (C=O) groups is 3. The first kappa shape index (κ1) is 29.7. The Morgan fingerprint density at radius 2 is 1.84 bits per heavy atom. The summed E-state index contributed by atoms with van der Waals surface area (Å²) in [7, 11) is -4.46. The van der Waals surface area contributed by atoms with E-state index in [1.54, 1.807) is 36.6 Å². The number of benzene rings is 2. The second-order valence-electron chi connectivity index (χ2n) is 8.02. The van der Waals surface area contributed by atoms with Crippen molar-refractivity contribution in [3.8, 4) is 0 Å². The summed E-state index contributed by atoms with van der Waals surface area (Å²) in [6.07, 6.45) is -1.34. The molecule has 2 N–H and O–H groups in total. The average Bonchev–Trinajstić information content (AvgIpc) is 3.13. The number of rotatable bonds is 11. The SMILES string of the molecule is CSCCC(NS(=O)(=O)c1cccc(C(F)(F)F)c1)C(=O)NCCN1C(=O)S/C(=C/c2ccccc2)C1=O. The molecule has 1 unspecified atom stereocenters. The lowest BCUT2D eigenvalue weighted by Crippen LogP contribution is -2.48. The molecule has 1 aliphatic rings. The fraction of sp³-hybridized carbons (Fsp3) is 0.292. The highest BCUT2D eigenvalue weighted by Gasteiger charge is 2.35. The minimum atomic E-state index is -4.74. The van der Waals surface area contributed by atoms with Crippen LogP contribution < -0.4 is 10.0 Å². The third-order valence-electron chi connectivity index (χ3n) is 5.30. The van der Waals surface area contributed by atoms with Gasteiger partial charge in [-0.05, 0) is 60.0 Å². The highest BCUT2D eigenvalue weighted by Crippen LogP contribution is 2.32. The fourth-order valence-corrected chi connectivity index (χ4v) is 5.99. The van der Waals surface area contributed by atoms with Crippen LogP contribution in [-0.4, -0.2) is 61.5 Å². The summed E-state index contributed by atoms with van der Waals surface area (Å²) >= 11 is 2.12. The molecule has 1 atom stereocenters. The Kier molecular flexibility index (Phi) is 10.0. The van der Waals surface area contributed by atoms with E-state index in [9.17, 15) is 36.0 Å². The zero-order valence-corrected chi connectivity index (χ0v) is 22.5. The number of thioether (sulfide) groups is 2. The smallest absolute Gasteiger partial charge is 0.353 e. The van der Waals surface area contributed by atoms with Crippen LogP contribution in [0.3, 0.4) is 0 Å². The maximum Gasteiger partial charge on any atom is 0.416 e. The monoisotopic (exact) mass is 587 g/mol. The number of alkyl halides is 3. The molecule has 3 rings (SSSR count). The molecule has 3 amide bonds. The molecule has 14 heteroatoms. The summed E-state index contributed by atoms with van der Waals surface area (Å²) in [6, 6.07) is 10.9. The van der Waals surface area contributed by atoms with Gasteiger partial charge in [-0.1, -0.05) is 36.4 Å². The topological polar surface area (TPSA) is 113 Å². The van der Waals surface area contributed by atoms with E-state index in [1.807, 2.05) is 6.07 Å². The number of imide groups is 1. The van der Waals surface area contributed by atoms with E-state index in [2.05, 4.69) is 10.0 Å². The normalized spacial score (nSPS) is 16.2. The Balaban J connectivity index is 1.64. The van der Waals surface area contributed by atoms with Gasteiger partial charge in [-0.2, -0.15) is 29.7 Å². The van der Waals surface area contributed by atoms with E-state index in [1.165, 1.54) is 11.8 Å². The van der Waals surface area contributed by atoms with Crippen LogP contribution in [0.5, 0.6) is 0 Å². The molecule has 1 heterocycles. The van der Waals surface area contributed by atoms with Gasteiger partial charge in [0.15, 0.2) is 0 Å². The standard InChI is InChI=1S/C24H24F3N3O5S3/c1-36-13-10-19(29-38(34,35)18-9-5-8-17(15-18)24(25,26)27)21(31)28-11-12-30-22(32)20(37-23(30)33)14-16-6-3-2-4-7-16/h2-9,14-15,19,29H,10-13H2,1H3,(H,28,31)/b20-14+. The summed E-state index contributed by atoms with van der Waals surface area (Å²) in [4.78, 5) is 38.3. The van der Waals surface area contributed by atoms with E-state index in [0.717, 1.165) is 40.4 Å². The first-order valence-corrected chi connectivity index (χ1v) is 14.9. The van der Waals surface area contributed by atoms with Gasteiger partial charge in [0.1, 0.15) is 6.04 Å². The Labute approximate surface area is 226 Å². The van der Waals surface area contributed by atoms with Crippen molar-refractivity contribution in [3.63, 3.8) is 0 Å². The number of nitrogens with zero attached hydrogens (tertiary/aromatic N) is 1. The number of amides is 3. The van der Waals surface area contributed by atoms with Gasteiger partial charge >= 0.3 is 6.18 Å². The zero-order valence-electron chi connectivity index (χ0n) is 20.0. The Morgan fingerprint density at radius 3 is 2.50 bits per heavy atom. The highest BCUT2D eigenvalue weighted by molar-refractivity contribution is 8.18. The molecule has 0 aliphatic carbocycles. The van der Waals surface area contributed by atoms with E-state index in [-0.39, 0.29) is 24.4 Å². The quantitative estimate of drug-likeness (QED) is 0.383. The number of sulfonamides is 1. The van der Waals surface area contributed by atoms with Crippen LogP contribution in [0.1, 0.15) is 17.5 Å². The van der Waals surface area contributed by atoms with Gasteiger partial charge in [0.2, 0.25) is 15.9 Å². The first-order valence-electron chi connectivity index (χ1n) is 11.2. The summed E-state index contributed by atoms with van der Waals surface area (Å²) in [5.41, 5.74) is -0.389. The van der Waals surface area contributed by atoms with Crippen molar-refractivity contribution in [2.75, 3.05) is 25.1 Å². The largest absolute Gasteiger partial charge is 0.416 e. The number of carbonyl (C=O) groups excluding carboxylic acids is 3. The fourth-order valence-electron chi connectivity index (χ4n) is 3.38. The molecule has 0 aromatic heterocycles. The van der Waals surface area contributed by atoms with Gasteiger partial charge in [0, 0.05) is 13.1 Å². The number of nitrogens with one attached hydrogen (secondary N) is 2. The van der Waals surface area contributed by atoms with Gasteiger partial charge in [-0.25, -0.2) is 8.42 Å². The number of halogens is 3. The maximum atomic E-state index is 13.0. The lowest BCUT2D eigenvalue weighted by Gasteiger charge is -2.20. The average molecular weight is 588 g/mol. The van der Waals surface area contributed by atoms with Crippen LogP contribution in [-0.2, 0) is 25.8 Å². The van der Waals surface area contributed by atoms with Crippen molar-refractivity contribution >= 4 is 56.7 Å². The molecule has 0 radical (unpaired) electrons. The molecule has 2 aromatic rings. The lowest BCUT2D eigenvalue weighted by molar-refractivity contribution is -0.137. The molecule has 8 nitrogen and oxygen atoms in total. The van der Waals surface area contributed by atoms with Crippen molar-refractivity contribution in [3.05, 3.63) is 70.6 Å². The Hall–Kier alpha value is -2.81. The minimum absolute atomic E-state index is 0.0621. The second kappa shape index (κ2) is 12.8. The van der Waals surface area contributed by atoms with Crippen molar-refractivity contribution in [1.29, 1.82) is 0 Å². The molecule has 2 aromatic carbocycles. The number of hydrogen-bond donors (Lipinski definition) is 2. The van der Waals surface area contributed by atoms with Gasteiger partial charge in [0.25, 0.3) is 11.1 Å². The Morgan fingerprint density at radius 1 is 1.13 bits per heavy atom. The second-order valence-corrected chi connectivity index (χ2v) is 11.7. The van der Waals surface area contributed by atoms with Crippen LogP contribution in [0.15, 0.2) is 64.4 Å². The van der Waals surface area contributed by atoms with Crippen LogP contribution >= 0.6 is 23.5 Å². The molecule has 0 spiro atoms. The van der Waals surface area contributed by atoms with E-state index in [4.69, 9.17) is 0 Å². The van der Waals surface area contributed by atoms with E-state index < -0.39 is 49.8 Å². The van der Waals surface area contributed by atoms with Crippen molar-refractivity contribution < 1.29 is 36.0 Å². The molecule has 0 saturated carbocycles. The molecular weight excluding hydrogens is 563 g/mol. The van der Waals surface area contributed by atoms with E-state index >= 15 is 0 Å². The lowest BCUT2D eigenvalue weighted by atomic mass is 10.2. The van der Waals surface area contributed by atoms with E-state index in [0.29, 0.717) is 11.8 Å². The van der Waals surface area contributed by atoms with Gasteiger partial charge in [-0.15, -0.1) is 0 Å². The molecule has 1 saturated heterocycles. The predicted octanol–water partition coefficient (Wildman–Crippen LogP) is 3.96. The third kappa shape index (κ3) is 7.85. The summed E-state index contributed by atoms with van der Waals surface area (Å²) in [5, 5.41) is 2.00. The van der Waals surface area contributed by atoms with Crippen LogP contribution in [0.25, 0.3) is 6.08 Å². The summed E-state index contributed by atoms with van der Waals surface area (Å²) < 4.78 is 66.8. The van der Waals surface area contributed by atoms with Crippen LogP contribution in [0.4, 0.5) is 18.0 Å². The van der Waals surface area contributed by atoms with Gasteiger partial charge in [-0.3, -0.25) is 19.3 Å². The van der Waals surface area contributed by atoms with Crippen molar-refractivity contribution in [2.45, 2.75) is 23.5 Å². The molecule has 1 aliphatic heterocycles. The zero-order chi connectivity index (χ0) is 27.9. The number of hydrogen-bond acceptors (Lipinski definition) is 7. The molecule has 0 bridgehead atoms. The summed E-state index contributed by atoms with van der Waals surface area (Å²) in [6.45, 7) is -0.283. The minimum Gasteiger partial charge on any atom is -0.353 e. The van der Waals surface area contributed by atoms with Gasteiger partial charge in [0.05, 0.1) is 15.4 Å². The molecule has 1 fully saturated rings.